The fourth-order valence-electron chi connectivity index (χ4n) is 4.79. The number of hydrogen-bond acceptors (Lipinski definition) is 3. The molecule has 6 nitrogen and oxygen atoms in total. The van der Waals surface area contributed by atoms with Gasteiger partial charge in [-0.15, -0.1) is 24.0 Å². The minimum Gasteiger partial charge on any atom is -0.357 e. The molecular weight excluding hydrogens is 537 g/mol. The van der Waals surface area contributed by atoms with E-state index in [1.165, 1.54) is 55.5 Å². The number of nitrogens with zero attached hydrogens (tertiary/aromatic N) is 2. The minimum atomic E-state index is 0. The third kappa shape index (κ3) is 7.70. The lowest BCUT2D eigenvalue weighted by Gasteiger charge is -2.26. The average Bonchev–Trinajstić information content (AvgIpc) is 3.09. The first kappa shape index (κ1) is 26.5. The maximum absolute atomic E-state index is 12.1. The molecule has 3 N–H and O–H groups in total. The zero-order valence-electron chi connectivity index (χ0n) is 20.2. The van der Waals surface area contributed by atoms with Gasteiger partial charge in [0.15, 0.2) is 5.96 Å². The number of halogens is 1. The molecule has 0 saturated carbocycles. The van der Waals surface area contributed by atoms with Crippen LogP contribution < -0.4 is 16.0 Å². The molecule has 0 aromatic heterocycles. The quantitative estimate of drug-likeness (QED) is 0.251. The molecule has 7 heteroatoms. The van der Waals surface area contributed by atoms with Crippen molar-refractivity contribution in [3.05, 3.63) is 65.2 Å². The highest BCUT2D eigenvalue weighted by molar-refractivity contribution is 14.0. The zero-order chi connectivity index (χ0) is 22.9. The maximum Gasteiger partial charge on any atom is 0.225 e. The maximum atomic E-state index is 12.1. The second-order valence-corrected chi connectivity index (χ2v) is 9.12. The highest BCUT2D eigenvalue weighted by Crippen LogP contribution is 2.31. The molecule has 2 heterocycles. The third-order valence-corrected chi connectivity index (χ3v) is 6.48. The first-order valence-electron chi connectivity index (χ1n) is 12.4. The van der Waals surface area contributed by atoms with Crippen LogP contribution in [-0.4, -0.2) is 42.9 Å². The second-order valence-electron chi connectivity index (χ2n) is 9.12. The van der Waals surface area contributed by atoms with E-state index >= 15 is 0 Å². The van der Waals surface area contributed by atoms with Crippen LogP contribution in [0.5, 0.6) is 0 Å². The van der Waals surface area contributed by atoms with Crippen molar-refractivity contribution in [3.8, 4) is 0 Å². The van der Waals surface area contributed by atoms with E-state index < -0.39 is 0 Å². The fourth-order valence-corrected chi connectivity index (χ4v) is 4.79. The van der Waals surface area contributed by atoms with E-state index in [-0.39, 0.29) is 35.8 Å². The summed E-state index contributed by atoms with van der Waals surface area (Å²) in [4.78, 5) is 19.5. The van der Waals surface area contributed by atoms with Crippen molar-refractivity contribution in [2.75, 3.05) is 31.5 Å². The van der Waals surface area contributed by atoms with E-state index in [0.717, 1.165) is 24.7 Å². The Morgan fingerprint density at radius 3 is 2.59 bits per heavy atom. The number of amides is 1. The summed E-state index contributed by atoms with van der Waals surface area (Å²) in [7, 11) is 0. The van der Waals surface area contributed by atoms with Crippen molar-refractivity contribution in [1.82, 2.24) is 15.5 Å². The number of para-hydroxylation sites is 1. The van der Waals surface area contributed by atoms with Gasteiger partial charge in [0.25, 0.3) is 0 Å². The van der Waals surface area contributed by atoms with Crippen LogP contribution in [0.25, 0.3) is 0 Å². The van der Waals surface area contributed by atoms with Crippen LogP contribution in [0.1, 0.15) is 61.6 Å². The fraction of sp³-hybridized carbons (Fsp3) is 0.481. The van der Waals surface area contributed by atoms with E-state index in [4.69, 9.17) is 4.99 Å². The number of nitrogens with one attached hydrogen (secondary N) is 3. The predicted octanol–water partition coefficient (Wildman–Crippen LogP) is 4.86. The summed E-state index contributed by atoms with van der Waals surface area (Å²) >= 11 is 0. The largest absolute Gasteiger partial charge is 0.357 e. The molecule has 2 aromatic carbocycles. The van der Waals surface area contributed by atoms with E-state index in [1.807, 2.05) is 18.2 Å². The summed E-state index contributed by atoms with van der Waals surface area (Å²) in [6, 6.07) is 16.9. The van der Waals surface area contributed by atoms with Gasteiger partial charge in [0.1, 0.15) is 0 Å². The summed E-state index contributed by atoms with van der Waals surface area (Å²) in [5, 5.41) is 9.78. The lowest BCUT2D eigenvalue weighted by Crippen LogP contribution is -2.40. The Morgan fingerprint density at radius 2 is 1.79 bits per heavy atom. The predicted molar refractivity (Wildman–Crippen MR) is 151 cm³/mol. The van der Waals surface area contributed by atoms with Crippen LogP contribution in [0.2, 0.25) is 0 Å². The van der Waals surface area contributed by atoms with Gasteiger partial charge >= 0.3 is 0 Å². The molecule has 0 aliphatic carbocycles. The molecule has 4 rings (SSSR count). The van der Waals surface area contributed by atoms with Gasteiger partial charge in [-0.1, -0.05) is 55.3 Å². The van der Waals surface area contributed by atoms with Crippen LogP contribution in [0.15, 0.2) is 53.5 Å². The molecule has 2 aliphatic rings. The molecule has 0 spiro atoms. The summed E-state index contributed by atoms with van der Waals surface area (Å²) in [6.45, 7) is 7.61. The Bertz CT molecular complexity index is 956. The highest BCUT2D eigenvalue weighted by atomic mass is 127. The molecule has 1 fully saturated rings. The van der Waals surface area contributed by atoms with Crippen LogP contribution in [0.4, 0.5) is 5.69 Å². The first-order chi connectivity index (χ1) is 16.2. The molecule has 0 radical (unpaired) electrons. The Balaban J connectivity index is 0.00000324. The van der Waals surface area contributed by atoms with Crippen LogP contribution in [0.3, 0.4) is 0 Å². The van der Waals surface area contributed by atoms with Gasteiger partial charge in [-0.2, -0.15) is 0 Å². The lowest BCUT2D eigenvalue weighted by molar-refractivity contribution is -0.116. The smallest absolute Gasteiger partial charge is 0.225 e. The normalized spacial score (nSPS) is 18.8. The number of aliphatic imine (C=N–C) groups is 1. The Kier molecular flexibility index (Phi) is 10.7. The Morgan fingerprint density at radius 1 is 1.03 bits per heavy atom. The van der Waals surface area contributed by atoms with Gasteiger partial charge < -0.3 is 16.0 Å². The highest BCUT2D eigenvalue weighted by Gasteiger charge is 2.24. The molecule has 34 heavy (non-hydrogen) atoms. The topological polar surface area (TPSA) is 68.8 Å². The van der Waals surface area contributed by atoms with Crippen LogP contribution >= 0.6 is 24.0 Å². The average molecular weight is 576 g/mol. The van der Waals surface area contributed by atoms with Gasteiger partial charge in [-0.25, -0.2) is 4.99 Å². The number of guanidine groups is 1. The number of carbonyl (C=O) groups is 1. The first-order valence-corrected chi connectivity index (χ1v) is 12.4. The molecule has 1 amide bonds. The van der Waals surface area contributed by atoms with E-state index in [2.05, 4.69) is 58.1 Å². The number of likely N-dealkylation sites (tertiary alicyclic amines) is 1. The van der Waals surface area contributed by atoms with Crippen LogP contribution in [-0.2, 0) is 17.9 Å². The SMILES string of the molecule is CCNC(=NCc1cccc(CN2CCCCCC2)c1)NCC1CC(=O)Nc2ccccc21.I. The van der Waals surface area contributed by atoms with Crippen molar-refractivity contribution in [2.45, 2.75) is 58.0 Å². The van der Waals surface area contributed by atoms with E-state index in [0.29, 0.717) is 19.5 Å². The summed E-state index contributed by atoms with van der Waals surface area (Å²) < 4.78 is 0. The molecule has 1 atom stereocenters. The van der Waals surface area contributed by atoms with Crippen molar-refractivity contribution < 1.29 is 4.79 Å². The number of carbonyl (C=O) groups excluding carboxylic acids is 1. The molecule has 184 valence electrons. The van der Waals surface area contributed by atoms with E-state index in [1.54, 1.807) is 0 Å². The van der Waals surface area contributed by atoms with Crippen molar-refractivity contribution in [3.63, 3.8) is 0 Å². The Labute approximate surface area is 221 Å². The van der Waals surface area contributed by atoms with Gasteiger partial charge in [-0.05, 0) is 55.6 Å². The molecule has 0 bridgehead atoms. The molecule has 1 unspecified atom stereocenters. The minimum absolute atomic E-state index is 0. The second kappa shape index (κ2) is 13.7. The third-order valence-electron chi connectivity index (χ3n) is 6.48. The molecule has 2 aromatic rings. The van der Waals surface area contributed by atoms with Gasteiger partial charge in [-0.3, -0.25) is 9.69 Å². The van der Waals surface area contributed by atoms with Gasteiger partial charge in [0, 0.05) is 37.7 Å². The zero-order valence-corrected chi connectivity index (χ0v) is 22.5. The van der Waals surface area contributed by atoms with Gasteiger partial charge in [0.2, 0.25) is 5.91 Å². The standard InChI is InChI=1S/C27H37N5O.HI/c1-2-28-27(30-19-23-17-26(33)31-25-13-6-5-12-24(23)25)29-18-21-10-9-11-22(16-21)20-32-14-7-3-4-8-15-32;/h5-6,9-13,16,23H,2-4,7-8,14-15,17-20H2,1H3,(H,31,33)(H2,28,29,30);1H. The number of rotatable bonds is 7. The number of benzene rings is 2. The molecule has 2 aliphatic heterocycles. The number of hydrogen-bond donors (Lipinski definition) is 3. The Hall–Kier alpha value is -2.13. The summed E-state index contributed by atoms with van der Waals surface area (Å²) in [6.07, 6.45) is 5.84. The monoisotopic (exact) mass is 575 g/mol. The molecular formula is C27H38IN5O. The van der Waals surface area contributed by atoms with Crippen molar-refractivity contribution >= 4 is 41.5 Å². The number of fused-ring (bicyclic) bond motifs is 1. The van der Waals surface area contributed by atoms with Crippen molar-refractivity contribution in [2.24, 2.45) is 4.99 Å². The summed E-state index contributed by atoms with van der Waals surface area (Å²) in [5.41, 5.74) is 4.69. The lowest BCUT2D eigenvalue weighted by atomic mass is 9.90. The van der Waals surface area contributed by atoms with Crippen LogP contribution in [0, 0.1) is 0 Å². The molecule has 1 saturated heterocycles. The van der Waals surface area contributed by atoms with Crippen molar-refractivity contribution in [1.29, 1.82) is 0 Å². The number of anilines is 1. The summed E-state index contributed by atoms with van der Waals surface area (Å²) in [5.74, 6) is 0.998. The van der Waals surface area contributed by atoms with E-state index in [9.17, 15) is 4.79 Å². The van der Waals surface area contributed by atoms with Gasteiger partial charge in [0.05, 0.1) is 6.54 Å².